The predicted octanol–water partition coefficient (Wildman–Crippen LogP) is 7.06. The third-order valence-electron chi connectivity index (χ3n) is 5.66. The Bertz CT molecular complexity index is 495. The standard InChI is InChI=1S/C22H38P2/c1-17(24(21(2,3)4)22(5,6)7)19-15-12-16-20(19)23(8)18-13-10-9-11-14-18/h9-11,13-14,17,19-20H,12,15-16H2,1-8H3. The Morgan fingerprint density at radius 2 is 1.46 bits per heavy atom. The second kappa shape index (κ2) is 7.76. The average Bonchev–Trinajstić information content (AvgIpc) is 2.93. The van der Waals surface area contributed by atoms with Crippen LogP contribution in [0, 0.1) is 5.92 Å². The predicted molar refractivity (Wildman–Crippen MR) is 116 cm³/mol. The van der Waals surface area contributed by atoms with E-state index in [9.17, 15) is 0 Å². The van der Waals surface area contributed by atoms with Gasteiger partial charge in [0.15, 0.2) is 0 Å². The summed E-state index contributed by atoms with van der Waals surface area (Å²) in [4.78, 5) is 0. The summed E-state index contributed by atoms with van der Waals surface area (Å²) in [6.45, 7) is 20.0. The largest absolute Gasteiger partial charge is 0.0924 e. The van der Waals surface area contributed by atoms with Crippen LogP contribution in [0.1, 0.15) is 67.7 Å². The lowest BCUT2D eigenvalue weighted by molar-refractivity contribution is 0.526. The zero-order valence-corrected chi connectivity index (χ0v) is 18.9. The first-order chi connectivity index (χ1) is 11.0. The van der Waals surface area contributed by atoms with Crippen LogP contribution in [0.25, 0.3) is 0 Å². The van der Waals surface area contributed by atoms with Crippen LogP contribution in [-0.4, -0.2) is 28.3 Å². The van der Waals surface area contributed by atoms with Gasteiger partial charge in [0.25, 0.3) is 0 Å². The fourth-order valence-electron chi connectivity index (χ4n) is 5.29. The lowest BCUT2D eigenvalue weighted by Gasteiger charge is -2.48. The van der Waals surface area contributed by atoms with Crippen molar-refractivity contribution in [3.8, 4) is 0 Å². The van der Waals surface area contributed by atoms with Crippen molar-refractivity contribution >= 4 is 21.1 Å². The van der Waals surface area contributed by atoms with E-state index in [-0.39, 0.29) is 15.8 Å². The highest BCUT2D eigenvalue weighted by Crippen LogP contribution is 2.66. The van der Waals surface area contributed by atoms with E-state index < -0.39 is 0 Å². The zero-order valence-electron chi connectivity index (χ0n) is 17.1. The molecule has 0 aliphatic heterocycles. The van der Waals surface area contributed by atoms with Gasteiger partial charge in [0.05, 0.1) is 0 Å². The topological polar surface area (TPSA) is 0 Å². The second-order valence-corrected chi connectivity index (χ2v) is 16.2. The number of rotatable bonds is 4. The van der Waals surface area contributed by atoms with Crippen LogP contribution in [0.5, 0.6) is 0 Å². The van der Waals surface area contributed by atoms with Crippen LogP contribution in [0.4, 0.5) is 0 Å². The van der Waals surface area contributed by atoms with Gasteiger partial charge >= 0.3 is 0 Å². The van der Waals surface area contributed by atoms with Gasteiger partial charge in [-0.2, -0.15) is 0 Å². The van der Waals surface area contributed by atoms with E-state index in [0.29, 0.717) is 10.3 Å². The van der Waals surface area contributed by atoms with Gasteiger partial charge < -0.3 is 0 Å². The Morgan fingerprint density at radius 3 is 1.96 bits per heavy atom. The van der Waals surface area contributed by atoms with Crippen LogP contribution in [-0.2, 0) is 0 Å². The molecule has 0 heterocycles. The van der Waals surface area contributed by atoms with E-state index in [1.54, 1.807) is 5.30 Å². The molecule has 1 saturated carbocycles. The molecule has 4 unspecified atom stereocenters. The molecule has 0 nitrogen and oxygen atoms in total. The maximum Gasteiger partial charge on any atom is -0.0137 e. The van der Waals surface area contributed by atoms with Crippen molar-refractivity contribution in [1.82, 2.24) is 0 Å². The van der Waals surface area contributed by atoms with Crippen LogP contribution in [0.3, 0.4) is 0 Å². The van der Waals surface area contributed by atoms with Gasteiger partial charge in [0, 0.05) is 0 Å². The lowest BCUT2D eigenvalue weighted by atomic mass is 10.0. The first-order valence-electron chi connectivity index (χ1n) is 9.61. The first kappa shape index (κ1) is 20.4. The van der Waals surface area contributed by atoms with Crippen molar-refractivity contribution in [3.05, 3.63) is 30.3 Å². The Kier molecular flexibility index (Phi) is 6.59. The van der Waals surface area contributed by atoms with E-state index in [4.69, 9.17) is 0 Å². The minimum Gasteiger partial charge on any atom is -0.0924 e. The summed E-state index contributed by atoms with van der Waals surface area (Å²) in [6, 6.07) is 11.3. The highest BCUT2D eigenvalue weighted by molar-refractivity contribution is 7.65. The van der Waals surface area contributed by atoms with Gasteiger partial charge in [-0.25, -0.2) is 0 Å². The third-order valence-corrected chi connectivity index (χ3v) is 12.5. The first-order valence-corrected chi connectivity index (χ1v) is 12.9. The highest BCUT2D eigenvalue weighted by atomic mass is 31.1. The van der Waals surface area contributed by atoms with Crippen molar-refractivity contribution < 1.29 is 0 Å². The van der Waals surface area contributed by atoms with E-state index in [1.165, 1.54) is 19.3 Å². The summed E-state index contributed by atoms with van der Waals surface area (Å²) in [7, 11) is -0.0596. The maximum absolute atomic E-state index is 2.60. The van der Waals surface area contributed by atoms with Crippen LogP contribution < -0.4 is 5.30 Å². The molecule has 1 aromatic carbocycles. The lowest BCUT2D eigenvalue weighted by Crippen LogP contribution is -2.36. The number of benzene rings is 1. The van der Waals surface area contributed by atoms with E-state index in [2.05, 4.69) is 85.5 Å². The van der Waals surface area contributed by atoms with Gasteiger partial charge in [-0.1, -0.05) is 101 Å². The molecule has 0 N–H and O–H groups in total. The summed E-state index contributed by atoms with van der Waals surface area (Å²) >= 11 is 0. The molecular weight excluding hydrogens is 326 g/mol. The molecule has 2 heteroatoms. The second-order valence-electron chi connectivity index (χ2n) is 9.56. The minimum atomic E-state index is -0.0347. The van der Waals surface area contributed by atoms with Gasteiger partial charge in [-0.3, -0.25) is 0 Å². The molecule has 0 bridgehead atoms. The number of hydrogen-bond donors (Lipinski definition) is 0. The van der Waals surface area contributed by atoms with E-state index in [1.807, 2.05) is 0 Å². The van der Waals surface area contributed by atoms with Gasteiger partial charge in [0.2, 0.25) is 0 Å². The fourth-order valence-corrected chi connectivity index (χ4v) is 13.2. The normalized spacial score (nSPS) is 25.0. The molecule has 2 rings (SSSR count). The molecule has 1 aliphatic rings. The molecule has 1 aliphatic carbocycles. The molecule has 0 aromatic heterocycles. The Labute approximate surface area is 153 Å². The summed E-state index contributed by atoms with van der Waals surface area (Å²) in [5.74, 6) is 0.922. The van der Waals surface area contributed by atoms with Gasteiger partial charge in [0.1, 0.15) is 0 Å². The molecule has 0 saturated heterocycles. The van der Waals surface area contributed by atoms with Crippen LogP contribution in [0.2, 0.25) is 0 Å². The molecule has 1 fully saturated rings. The molecular formula is C22H38P2. The maximum atomic E-state index is 2.60. The number of hydrogen-bond acceptors (Lipinski definition) is 0. The third kappa shape index (κ3) is 4.62. The van der Waals surface area contributed by atoms with Gasteiger partial charge in [-0.15, -0.1) is 0 Å². The van der Waals surface area contributed by atoms with Crippen molar-refractivity contribution in [1.29, 1.82) is 0 Å². The minimum absolute atomic E-state index is 0.0249. The highest BCUT2D eigenvalue weighted by Gasteiger charge is 2.45. The fraction of sp³-hybridized carbons (Fsp3) is 0.727. The molecule has 0 spiro atoms. The SMILES string of the molecule is CC(C1CCCC1P(C)c1ccccc1)P(C(C)(C)C)C(C)(C)C. The molecule has 0 radical (unpaired) electrons. The van der Waals surface area contributed by atoms with Crippen molar-refractivity contribution in [2.45, 2.75) is 89.4 Å². The molecule has 1 aromatic rings. The Balaban J connectivity index is 2.25. The molecule has 4 atom stereocenters. The molecule has 0 amide bonds. The quantitative estimate of drug-likeness (QED) is 0.502. The van der Waals surface area contributed by atoms with Crippen molar-refractivity contribution in [2.24, 2.45) is 5.92 Å². The average molecular weight is 364 g/mol. The van der Waals surface area contributed by atoms with Crippen molar-refractivity contribution in [2.75, 3.05) is 6.66 Å². The summed E-state index contributed by atoms with van der Waals surface area (Å²) < 4.78 is 0. The summed E-state index contributed by atoms with van der Waals surface area (Å²) in [5.41, 5.74) is 1.79. The van der Waals surface area contributed by atoms with Crippen LogP contribution in [0.15, 0.2) is 30.3 Å². The summed E-state index contributed by atoms with van der Waals surface area (Å²) in [6.07, 6.45) is 4.34. The Hall–Kier alpha value is 0.0800. The van der Waals surface area contributed by atoms with E-state index in [0.717, 1.165) is 17.2 Å². The van der Waals surface area contributed by atoms with Crippen molar-refractivity contribution in [3.63, 3.8) is 0 Å². The Morgan fingerprint density at radius 1 is 0.917 bits per heavy atom. The summed E-state index contributed by atoms with van der Waals surface area (Å²) in [5, 5.41) is 2.47. The van der Waals surface area contributed by atoms with E-state index >= 15 is 0 Å². The molecule has 136 valence electrons. The molecule has 24 heavy (non-hydrogen) atoms. The monoisotopic (exact) mass is 364 g/mol. The van der Waals surface area contributed by atoms with Gasteiger partial charge in [-0.05, 0) is 52.4 Å². The smallest absolute Gasteiger partial charge is 0.0137 e. The van der Waals surface area contributed by atoms with Crippen LogP contribution >= 0.6 is 15.8 Å². The zero-order chi connectivity index (χ0) is 18.1.